The van der Waals surface area contributed by atoms with E-state index in [4.69, 9.17) is 9.15 Å². The molecule has 0 radical (unpaired) electrons. The van der Waals surface area contributed by atoms with Gasteiger partial charge < -0.3 is 9.15 Å². The number of ether oxygens (including phenoxy) is 1. The average molecular weight is 409 g/mol. The number of nitro benzene ring substituents is 1. The second-order valence-corrected chi connectivity index (χ2v) is 6.69. The van der Waals surface area contributed by atoms with Crippen molar-refractivity contribution in [2.45, 2.75) is 12.1 Å². The lowest BCUT2D eigenvalue weighted by Gasteiger charge is -2.00. The van der Waals surface area contributed by atoms with Gasteiger partial charge in [0.2, 0.25) is 5.89 Å². The number of nitrogens with zero attached hydrogens (tertiary/aromatic N) is 3. The Morgan fingerprint density at radius 1 is 1.14 bits per heavy atom. The predicted molar refractivity (Wildman–Crippen MR) is 106 cm³/mol. The van der Waals surface area contributed by atoms with E-state index >= 15 is 0 Å². The molecule has 3 rings (SSSR count). The van der Waals surface area contributed by atoms with E-state index in [-0.39, 0.29) is 18.2 Å². The summed E-state index contributed by atoms with van der Waals surface area (Å²) in [6, 6.07) is 12.9. The van der Waals surface area contributed by atoms with Crippen molar-refractivity contribution in [1.29, 1.82) is 0 Å². The molecule has 0 fully saturated rings. The van der Waals surface area contributed by atoms with Gasteiger partial charge in [-0.15, -0.1) is 10.2 Å². The molecule has 0 unspecified atom stereocenters. The van der Waals surface area contributed by atoms with Crippen molar-refractivity contribution < 1.29 is 18.9 Å². The minimum Gasteiger partial charge on any atom is -0.449 e. The predicted octanol–water partition coefficient (Wildman–Crippen LogP) is 3.91. The first-order valence-corrected chi connectivity index (χ1v) is 9.42. The largest absolute Gasteiger partial charge is 0.449 e. The van der Waals surface area contributed by atoms with E-state index in [1.54, 1.807) is 24.3 Å². The molecule has 0 saturated heterocycles. The van der Waals surface area contributed by atoms with Crippen molar-refractivity contribution >= 4 is 23.4 Å². The lowest BCUT2D eigenvalue weighted by molar-refractivity contribution is -0.384. The van der Waals surface area contributed by atoms with Gasteiger partial charge in [0.1, 0.15) is 0 Å². The molecular weight excluding hydrogens is 394 g/mol. The molecule has 8 nitrogen and oxygen atoms in total. The minimum atomic E-state index is -0.477. The molecule has 0 N–H and O–H groups in total. The zero-order chi connectivity index (χ0) is 20.6. The summed E-state index contributed by atoms with van der Waals surface area (Å²) in [6.07, 6.45) is 0. The van der Waals surface area contributed by atoms with Gasteiger partial charge >= 0.3 is 5.97 Å². The van der Waals surface area contributed by atoms with E-state index < -0.39 is 10.9 Å². The van der Waals surface area contributed by atoms with Crippen molar-refractivity contribution in [1.82, 2.24) is 10.2 Å². The minimum absolute atomic E-state index is 0.00878. The van der Waals surface area contributed by atoms with Crippen LogP contribution >= 0.6 is 11.8 Å². The Morgan fingerprint density at radius 3 is 2.55 bits per heavy atom. The molecule has 1 aromatic heterocycles. The molecule has 29 heavy (non-hydrogen) atoms. The van der Waals surface area contributed by atoms with Gasteiger partial charge in [0.25, 0.3) is 10.9 Å². The Labute approximate surface area is 170 Å². The van der Waals surface area contributed by atoms with E-state index in [1.807, 2.05) is 19.1 Å². The Kier molecular flexibility index (Phi) is 6.60. The van der Waals surface area contributed by atoms with Crippen molar-refractivity contribution in [2.75, 3.05) is 12.4 Å². The van der Waals surface area contributed by atoms with Gasteiger partial charge in [0.15, 0.2) is 6.61 Å². The van der Waals surface area contributed by atoms with Crippen LogP contribution in [0, 0.1) is 28.9 Å². The number of thioether (sulfide) groups is 1. The van der Waals surface area contributed by atoms with Crippen LogP contribution in [0.5, 0.6) is 0 Å². The maximum Gasteiger partial charge on any atom is 0.339 e. The SMILES string of the molecule is Cc1ccc(C(=O)OCC#CCSc2nnc(-c3ccc([N+](=O)[O-])cc3)o2)cc1. The molecule has 146 valence electrons. The van der Waals surface area contributed by atoms with Gasteiger partial charge in [0.05, 0.1) is 16.2 Å². The third-order valence-corrected chi connectivity index (χ3v) is 4.39. The Bertz CT molecular complexity index is 1070. The lowest BCUT2D eigenvalue weighted by Crippen LogP contribution is -2.05. The van der Waals surface area contributed by atoms with E-state index in [1.165, 1.54) is 23.9 Å². The topological polar surface area (TPSA) is 108 Å². The third-order valence-electron chi connectivity index (χ3n) is 3.69. The summed E-state index contributed by atoms with van der Waals surface area (Å²) in [4.78, 5) is 22.0. The first-order chi connectivity index (χ1) is 14.0. The zero-order valence-electron chi connectivity index (χ0n) is 15.3. The fourth-order valence-electron chi connectivity index (χ4n) is 2.18. The lowest BCUT2D eigenvalue weighted by atomic mass is 10.1. The highest BCUT2D eigenvalue weighted by molar-refractivity contribution is 7.99. The average Bonchev–Trinajstić information content (AvgIpc) is 3.20. The Morgan fingerprint density at radius 2 is 1.86 bits per heavy atom. The summed E-state index contributed by atoms with van der Waals surface area (Å²) < 4.78 is 10.6. The third kappa shape index (κ3) is 5.67. The van der Waals surface area contributed by atoms with Crippen LogP contribution in [0.3, 0.4) is 0 Å². The van der Waals surface area contributed by atoms with Crippen molar-refractivity contribution in [3.63, 3.8) is 0 Å². The fourth-order valence-corrected chi connectivity index (χ4v) is 2.72. The number of non-ortho nitro benzene ring substituents is 1. The second-order valence-electron chi connectivity index (χ2n) is 5.76. The summed E-state index contributed by atoms with van der Waals surface area (Å²) in [6.45, 7) is 1.93. The molecule has 0 atom stereocenters. The summed E-state index contributed by atoms with van der Waals surface area (Å²) in [5, 5.41) is 18.8. The van der Waals surface area contributed by atoms with Gasteiger partial charge in [-0.25, -0.2) is 4.79 Å². The number of carbonyl (C=O) groups excluding carboxylic acids is 1. The van der Waals surface area contributed by atoms with Crippen LogP contribution in [-0.4, -0.2) is 33.4 Å². The van der Waals surface area contributed by atoms with Gasteiger partial charge in [0, 0.05) is 17.7 Å². The molecule has 0 bridgehead atoms. The summed E-state index contributed by atoms with van der Waals surface area (Å²) in [5.74, 6) is 5.83. The van der Waals surface area contributed by atoms with Crippen molar-refractivity contribution in [3.8, 4) is 23.3 Å². The first-order valence-electron chi connectivity index (χ1n) is 8.43. The highest BCUT2D eigenvalue weighted by Gasteiger charge is 2.11. The number of carbonyl (C=O) groups is 1. The molecule has 0 amide bonds. The van der Waals surface area contributed by atoms with Crippen molar-refractivity contribution in [3.05, 3.63) is 69.8 Å². The first kappa shape index (κ1) is 20.1. The number of aryl methyl sites for hydroxylation is 1. The van der Waals surface area contributed by atoms with Crippen LogP contribution in [-0.2, 0) is 4.74 Å². The van der Waals surface area contributed by atoms with E-state index in [9.17, 15) is 14.9 Å². The zero-order valence-corrected chi connectivity index (χ0v) is 16.1. The normalized spacial score (nSPS) is 10.1. The van der Waals surface area contributed by atoms with Gasteiger partial charge in [-0.2, -0.15) is 0 Å². The Balaban J connectivity index is 1.45. The molecular formula is C20H15N3O5S. The fraction of sp³-hybridized carbons (Fsp3) is 0.150. The van der Waals surface area contributed by atoms with E-state index in [0.29, 0.717) is 22.1 Å². The van der Waals surface area contributed by atoms with Crippen LogP contribution in [0.25, 0.3) is 11.5 Å². The smallest absolute Gasteiger partial charge is 0.339 e. The van der Waals surface area contributed by atoms with Gasteiger partial charge in [-0.3, -0.25) is 10.1 Å². The molecule has 9 heteroatoms. The number of esters is 1. The standard InChI is InChI=1S/C20H15N3O5S/c1-14-4-6-16(7-5-14)19(24)27-12-2-3-13-29-20-22-21-18(28-20)15-8-10-17(11-9-15)23(25)26/h4-11H,12-13H2,1H3. The van der Waals surface area contributed by atoms with Crippen LogP contribution < -0.4 is 0 Å². The highest BCUT2D eigenvalue weighted by atomic mass is 32.2. The number of nitro groups is 1. The summed E-state index contributed by atoms with van der Waals surface area (Å²) >= 11 is 1.24. The molecule has 0 aliphatic heterocycles. The number of hydrogen-bond acceptors (Lipinski definition) is 8. The van der Waals surface area contributed by atoms with Crippen LogP contribution in [0.4, 0.5) is 5.69 Å². The van der Waals surface area contributed by atoms with Crippen LogP contribution in [0.2, 0.25) is 0 Å². The maximum atomic E-state index is 11.8. The van der Waals surface area contributed by atoms with Crippen LogP contribution in [0.15, 0.2) is 58.2 Å². The molecule has 2 aromatic carbocycles. The number of aromatic nitrogens is 2. The quantitative estimate of drug-likeness (QED) is 0.198. The van der Waals surface area contributed by atoms with Crippen LogP contribution in [0.1, 0.15) is 15.9 Å². The Hall–Kier alpha value is -3.64. The molecule has 0 aliphatic rings. The summed E-state index contributed by atoms with van der Waals surface area (Å²) in [5.41, 5.74) is 2.12. The second kappa shape index (κ2) is 9.52. The number of rotatable bonds is 6. The van der Waals surface area contributed by atoms with Gasteiger partial charge in [-0.05, 0) is 31.2 Å². The number of hydrogen-bond donors (Lipinski definition) is 0. The van der Waals surface area contributed by atoms with E-state index in [2.05, 4.69) is 22.0 Å². The number of benzene rings is 2. The van der Waals surface area contributed by atoms with E-state index in [0.717, 1.165) is 5.56 Å². The molecule has 0 saturated carbocycles. The molecule has 3 aromatic rings. The molecule has 1 heterocycles. The molecule has 0 spiro atoms. The van der Waals surface area contributed by atoms with Gasteiger partial charge in [-0.1, -0.05) is 41.3 Å². The summed E-state index contributed by atoms with van der Waals surface area (Å²) in [7, 11) is 0. The molecule has 0 aliphatic carbocycles. The maximum absolute atomic E-state index is 11.8. The monoisotopic (exact) mass is 409 g/mol. The highest BCUT2D eigenvalue weighted by Crippen LogP contribution is 2.24. The van der Waals surface area contributed by atoms with Crippen molar-refractivity contribution in [2.24, 2.45) is 0 Å².